The van der Waals surface area contributed by atoms with Gasteiger partial charge < -0.3 is 14.0 Å². The summed E-state index contributed by atoms with van der Waals surface area (Å²) in [5.74, 6) is 0.288. The van der Waals surface area contributed by atoms with Gasteiger partial charge in [-0.3, -0.25) is 4.31 Å². The molecule has 7 nitrogen and oxygen atoms in total. The zero-order valence-electron chi connectivity index (χ0n) is 15.5. The Kier molecular flexibility index (Phi) is 5.83. The van der Waals surface area contributed by atoms with Crippen LogP contribution in [0.3, 0.4) is 0 Å². The maximum absolute atomic E-state index is 13.0. The molecular formula is C18H22N2O5S2. The molecule has 146 valence electrons. The molecule has 1 aliphatic rings. The van der Waals surface area contributed by atoms with E-state index in [2.05, 4.69) is 0 Å². The Morgan fingerprint density at radius 1 is 1.37 bits per heavy atom. The molecular weight excluding hydrogens is 388 g/mol. The molecule has 0 aliphatic carbocycles. The van der Waals surface area contributed by atoms with E-state index in [-0.39, 0.29) is 13.3 Å². The maximum atomic E-state index is 13.0. The highest BCUT2D eigenvalue weighted by Crippen LogP contribution is 2.36. The van der Waals surface area contributed by atoms with Gasteiger partial charge in [0.2, 0.25) is 0 Å². The number of esters is 1. The van der Waals surface area contributed by atoms with Crippen molar-refractivity contribution in [2.75, 3.05) is 30.8 Å². The topological polar surface area (TPSA) is 77.8 Å². The summed E-state index contributed by atoms with van der Waals surface area (Å²) >= 11 is 1.33. The fourth-order valence-corrected chi connectivity index (χ4v) is 5.89. The average Bonchev–Trinajstić information content (AvgIpc) is 3.30. The minimum absolute atomic E-state index is 0.0972. The van der Waals surface area contributed by atoms with Crippen LogP contribution in [-0.2, 0) is 26.2 Å². The summed E-state index contributed by atoms with van der Waals surface area (Å²) in [5.41, 5.74) is 1.41. The number of carbonyl (C=O) groups is 1. The third-order valence-corrected chi connectivity index (χ3v) is 7.74. The molecule has 0 radical (unpaired) electrons. The normalized spacial score (nSPS) is 14.4. The number of hydrogen-bond donors (Lipinski definition) is 0. The summed E-state index contributed by atoms with van der Waals surface area (Å²) in [6, 6.07) is 7.02. The van der Waals surface area contributed by atoms with Crippen molar-refractivity contribution in [3.63, 3.8) is 0 Å². The van der Waals surface area contributed by atoms with E-state index in [1.165, 1.54) is 30.2 Å². The van der Waals surface area contributed by atoms with Crippen molar-refractivity contribution in [3.8, 4) is 0 Å². The predicted molar refractivity (Wildman–Crippen MR) is 107 cm³/mol. The first-order valence-corrected chi connectivity index (χ1v) is 10.9. The lowest BCUT2D eigenvalue weighted by Crippen LogP contribution is -2.27. The molecule has 1 aromatic heterocycles. The molecule has 27 heavy (non-hydrogen) atoms. The minimum Gasteiger partial charge on any atom is -0.461 e. The van der Waals surface area contributed by atoms with Crippen LogP contribution in [0.5, 0.6) is 0 Å². The van der Waals surface area contributed by atoms with Crippen molar-refractivity contribution in [1.82, 2.24) is 4.57 Å². The van der Waals surface area contributed by atoms with E-state index in [0.717, 1.165) is 17.6 Å². The van der Waals surface area contributed by atoms with E-state index in [4.69, 9.17) is 9.47 Å². The number of fused-ring (bicyclic) bond motifs is 1. The maximum Gasteiger partial charge on any atom is 0.355 e. The summed E-state index contributed by atoms with van der Waals surface area (Å²) < 4.78 is 39.6. The van der Waals surface area contributed by atoms with E-state index >= 15 is 0 Å². The second-order valence-corrected chi connectivity index (χ2v) is 9.28. The van der Waals surface area contributed by atoms with Crippen LogP contribution in [0.4, 0.5) is 5.69 Å². The van der Waals surface area contributed by atoms with Crippen molar-refractivity contribution < 1.29 is 22.7 Å². The van der Waals surface area contributed by atoms with Crippen molar-refractivity contribution in [2.45, 2.75) is 20.1 Å². The van der Waals surface area contributed by atoms with E-state index in [9.17, 15) is 13.2 Å². The third kappa shape index (κ3) is 3.59. The monoisotopic (exact) mass is 410 g/mol. The van der Waals surface area contributed by atoms with Gasteiger partial charge in [-0.2, -0.15) is 0 Å². The van der Waals surface area contributed by atoms with Crippen molar-refractivity contribution >= 4 is 44.3 Å². The Balaban J connectivity index is 2.17. The van der Waals surface area contributed by atoms with Gasteiger partial charge in [-0.1, -0.05) is 18.2 Å². The van der Waals surface area contributed by atoms with E-state index < -0.39 is 16.0 Å². The summed E-state index contributed by atoms with van der Waals surface area (Å²) in [6.07, 6.45) is 2.49. The van der Waals surface area contributed by atoms with Gasteiger partial charge in [-0.05, 0) is 25.5 Å². The van der Waals surface area contributed by atoms with Crippen LogP contribution in [0.1, 0.15) is 23.8 Å². The molecule has 0 amide bonds. The van der Waals surface area contributed by atoms with Gasteiger partial charge in [0, 0.05) is 25.3 Å². The Hall–Kier alpha value is -1.97. The largest absolute Gasteiger partial charge is 0.461 e. The zero-order valence-corrected chi connectivity index (χ0v) is 17.1. The molecule has 2 heterocycles. The van der Waals surface area contributed by atoms with E-state index in [0.29, 0.717) is 21.1 Å². The number of carbonyl (C=O) groups excluding carboxylic acids is 1. The van der Waals surface area contributed by atoms with Crippen LogP contribution in [0.2, 0.25) is 0 Å². The van der Waals surface area contributed by atoms with Crippen molar-refractivity contribution in [2.24, 2.45) is 0 Å². The van der Waals surface area contributed by atoms with Gasteiger partial charge in [-0.25, -0.2) is 13.2 Å². The van der Waals surface area contributed by atoms with Crippen LogP contribution < -0.4 is 4.31 Å². The molecule has 9 heteroatoms. The summed E-state index contributed by atoms with van der Waals surface area (Å²) in [6.45, 7) is 2.08. The summed E-state index contributed by atoms with van der Waals surface area (Å²) in [5, 5.41) is 0.739. The number of allylic oxidation sites excluding steroid dienone is 1. The molecule has 0 N–H and O–H groups in total. The molecule has 3 rings (SSSR count). The molecule has 0 atom stereocenters. The lowest BCUT2D eigenvalue weighted by atomic mass is 10.2. The second kappa shape index (κ2) is 7.95. The van der Waals surface area contributed by atoms with Crippen LogP contribution >= 0.6 is 11.8 Å². The first-order chi connectivity index (χ1) is 12.9. The molecule has 0 fully saturated rings. The van der Waals surface area contributed by atoms with Gasteiger partial charge in [-0.15, -0.1) is 11.8 Å². The zero-order chi connectivity index (χ0) is 19.6. The fourth-order valence-electron chi connectivity index (χ4n) is 3.04. The van der Waals surface area contributed by atoms with Crippen molar-refractivity contribution in [3.05, 3.63) is 40.3 Å². The number of nitrogens with zero attached hydrogens (tertiary/aromatic N) is 2. The van der Waals surface area contributed by atoms with Crippen LogP contribution in [0, 0.1) is 0 Å². The number of thioether (sulfide) groups is 1. The highest BCUT2D eigenvalue weighted by Gasteiger charge is 2.29. The summed E-state index contributed by atoms with van der Waals surface area (Å²) in [7, 11) is -0.606. The molecule has 0 bridgehead atoms. The first kappa shape index (κ1) is 19.8. The number of methoxy groups -OCH3 is 1. The number of anilines is 1. The first-order valence-electron chi connectivity index (χ1n) is 8.52. The van der Waals surface area contributed by atoms with Crippen LogP contribution in [0.15, 0.2) is 34.6 Å². The van der Waals surface area contributed by atoms with Gasteiger partial charge in [0.1, 0.15) is 16.7 Å². The molecule has 1 aromatic carbocycles. The van der Waals surface area contributed by atoms with Gasteiger partial charge in [0.25, 0.3) is 10.0 Å². The lowest BCUT2D eigenvalue weighted by Gasteiger charge is -2.22. The van der Waals surface area contributed by atoms with Gasteiger partial charge in [0.15, 0.2) is 0 Å². The molecule has 2 aromatic rings. The summed E-state index contributed by atoms with van der Waals surface area (Å²) in [4.78, 5) is 12.4. The molecule has 1 aliphatic heterocycles. The number of hydrogen-bond acceptors (Lipinski definition) is 6. The van der Waals surface area contributed by atoms with Gasteiger partial charge in [0.05, 0.1) is 17.8 Å². The standard InChI is InChI=1S/C18H22N2O5S2/c1-4-25-18(21)15-11-13-7-5-8-14(17(13)20(15)12-24-3)19(2)27(22,23)16-9-6-10-26-16/h5,7-9,11H,4,6,10,12H2,1-3H3. The predicted octanol–water partition coefficient (Wildman–Crippen LogP) is 3.17. The number of para-hydroxylation sites is 1. The third-order valence-electron chi connectivity index (χ3n) is 4.27. The Bertz CT molecular complexity index is 995. The van der Waals surface area contributed by atoms with E-state index in [1.54, 1.807) is 35.8 Å². The smallest absolute Gasteiger partial charge is 0.355 e. The van der Waals surface area contributed by atoms with Gasteiger partial charge >= 0.3 is 5.97 Å². The van der Waals surface area contributed by atoms with Crippen LogP contribution in [-0.4, -0.2) is 45.5 Å². The highest BCUT2D eigenvalue weighted by molar-refractivity contribution is 8.19. The minimum atomic E-state index is -3.65. The lowest BCUT2D eigenvalue weighted by molar-refractivity contribution is 0.0496. The number of rotatable bonds is 7. The molecule has 0 saturated heterocycles. The Morgan fingerprint density at radius 2 is 2.15 bits per heavy atom. The van der Waals surface area contributed by atoms with Crippen LogP contribution in [0.25, 0.3) is 10.9 Å². The SMILES string of the molecule is CCOC(=O)c1cc2cccc(N(C)S(=O)(=O)C3=CCCS3)c2n1COC. The number of ether oxygens (including phenoxy) is 2. The number of sulfonamides is 1. The molecule has 0 unspecified atom stereocenters. The highest BCUT2D eigenvalue weighted by atomic mass is 32.3. The fraction of sp³-hybridized carbons (Fsp3) is 0.389. The number of benzene rings is 1. The second-order valence-electron chi connectivity index (χ2n) is 5.94. The van der Waals surface area contributed by atoms with E-state index in [1.807, 2.05) is 6.07 Å². The Morgan fingerprint density at radius 3 is 2.78 bits per heavy atom. The number of aromatic nitrogens is 1. The molecule has 0 saturated carbocycles. The Labute approximate surface area is 163 Å². The average molecular weight is 411 g/mol. The molecule has 0 spiro atoms. The quantitative estimate of drug-likeness (QED) is 0.653. The van der Waals surface area contributed by atoms with Crippen molar-refractivity contribution in [1.29, 1.82) is 0 Å².